The average Bonchev–Trinajstić information content (AvgIpc) is 2.70. The minimum atomic E-state index is -0.0416. The molecule has 0 bridgehead atoms. The summed E-state index contributed by atoms with van der Waals surface area (Å²) in [5, 5.41) is 4.73. The average molecular weight is 257 g/mol. The molecule has 1 aromatic heterocycles. The summed E-state index contributed by atoms with van der Waals surface area (Å²) in [7, 11) is 0. The number of benzene rings is 1. The topological polar surface area (TPSA) is 56.0 Å². The van der Waals surface area contributed by atoms with Gasteiger partial charge in [0.2, 0.25) is 6.29 Å². The second kappa shape index (κ2) is 4.63. The van der Waals surface area contributed by atoms with Crippen molar-refractivity contribution in [2.75, 3.05) is 0 Å². The molecule has 2 aromatic rings. The molecule has 1 heterocycles. The first-order valence-corrected chi connectivity index (χ1v) is 5.16. The third kappa shape index (κ3) is 2.40. The number of carbonyl (C=O) groups is 1. The minimum Gasteiger partial charge on any atom is -0.331 e. The molecule has 1 aromatic carbocycles. The van der Waals surface area contributed by atoms with E-state index >= 15 is 0 Å². The maximum atomic E-state index is 10.3. The maximum absolute atomic E-state index is 10.3. The van der Waals surface area contributed by atoms with Crippen LogP contribution in [0.2, 0.25) is 10.0 Å². The van der Waals surface area contributed by atoms with Crippen LogP contribution in [0.15, 0.2) is 22.7 Å². The molecule has 82 valence electrons. The Labute approximate surface area is 101 Å². The summed E-state index contributed by atoms with van der Waals surface area (Å²) in [6, 6.07) is 5.14. The highest BCUT2D eigenvalue weighted by Crippen LogP contribution is 2.22. The summed E-state index contributed by atoms with van der Waals surface area (Å²) in [6.45, 7) is 0. The van der Waals surface area contributed by atoms with E-state index in [1.807, 2.05) is 0 Å². The molecule has 0 aliphatic heterocycles. The molecule has 0 saturated heterocycles. The number of carbonyl (C=O) groups excluding carboxylic acids is 1. The zero-order valence-corrected chi connectivity index (χ0v) is 9.50. The molecule has 4 nitrogen and oxygen atoms in total. The Bertz CT molecular complexity index is 525. The highest BCUT2D eigenvalue weighted by Gasteiger charge is 2.08. The van der Waals surface area contributed by atoms with Crippen LogP contribution in [0.25, 0.3) is 0 Å². The second-order valence-electron chi connectivity index (χ2n) is 3.08. The molecule has 0 unspecified atom stereocenters. The maximum Gasteiger partial charge on any atom is 0.290 e. The number of rotatable bonds is 3. The lowest BCUT2D eigenvalue weighted by molar-refractivity contribution is 0.108. The van der Waals surface area contributed by atoms with Gasteiger partial charge >= 0.3 is 0 Å². The van der Waals surface area contributed by atoms with Gasteiger partial charge in [-0.15, -0.1) is 0 Å². The van der Waals surface area contributed by atoms with Crippen LogP contribution in [0.5, 0.6) is 0 Å². The fraction of sp³-hybridized carbons (Fsp3) is 0.100. The van der Waals surface area contributed by atoms with Gasteiger partial charge in [0, 0.05) is 16.5 Å². The van der Waals surface area contributed by atoms with Gasteiger partial charge in [0.25, 0.3) is 5.89 Å². The molecule has 0 amide bonds. The number of aldehydes is 1. The molecule has 2 rings (SSSR count). The molecular weight excluding hydrogens is 251 g/mol. The summed E-state index contributed by atoms with van der Waals surface area (Å²) in [6.07, 6.45) is 0.896. The van der Waals surface area contributed by atoms with Crippen molar-refractivity contribution < 1.29 is 9.32 Å². The smallest absolute Gasteiger partial charge is 0.290 e. The van der Waals surface area contributed by atoms with Gasteiger partial charge in [-0.2, -0.15) is 4.98 Å². The van der Waals surface area contributed by atoms with Crippen LogP contribution >= 0.6 is 23.2 Å². The third-order valence-corrected chi connectivity index (χ3v) is 2.54. The summed E-state index contributed by atoms with van der Waals surface area (Å²) in [5.41, 5.74) is 0.823. The van der Waals surface area contributed by atoms with Crippen LogP contribution in [-0.2, 0) is 6.42 Å². The first-order valence-electron chi connectivity index (χ1n) is 4.41. The van der Waals surface area contributed by atoms with Crippen molar-refractivity contribution in [1.82, 2.24) is 10.1 Å². The Morgan fingerprint density at radius 3 is 2.81 bits per heavy atom. The van der Waals surface area contributed by atoms with Crippen LogP contribution < -0.4 is 0 Å². The number of halogens is 2. The largest absolute Gasteiger partial charge is 0.331 e. The van der Waals surface area contributed by atoms with E-state index in [0.717, 1.165) is 5.56 Å². The second-order valence-corrected chi connectivity index (χ2v) is 3.92. The molecule has 0 spiro atoms. The summed E-state index contributed by atoms with van der Waals surface area (Å²) >= 11 is 11.7. The Hall–Kier alpha value is -1.39. The van der Waals surface area contributed by atoms with Crippen molar-refractivity contribution in [3.63, 3.8) is 0 Å². The molecule has 6 heteroatoms. The zero-order chi connectivity index (χ0) is 11.5. The standard InChI is InChI=1S/C10H6Cl2N2O2/c11-7-2-1-6(8(12)4-7)3-9-13-10(5-15)16-14-9/h1-2,4-5H,3H2. The normalized spacial score (nSPS) is 10.4. The minimum absolute atomic E-state index is 0.0416. The zero-order valence-electron chi connectivity index (χ0n) is 7.98. The molecule has 0 aliphatic carbocycles. The quantitative estimate of drug-likeness (QED) is 0.793. The van der Waals surface area contributed by atoms with E-state index in [4.69, 9.17) is 23.2 Å². The number of nitrogens with zero attached hydrogens (tertiary/aromatic N) is 2. The first kappa shape index (κ1) is 11.1. The Morgan fingerprint density at radius 1 is 1.38 bits per heavy atom. The van der Waals surface area contributed by atoms with E-state index in [-0.39, 0.29) is 5.89 Å². The summed E-state index contributed by atoms with van der Waals surface area (Å²) in [5.74, 6) is 0.367. The van der Waals surface area contributed by atoms with Crippen LogP contribution in [0.4, 0.5) is 0 Å². The van der Waals surface area contributed by atoms with Gasteiger partial charge in [-0.1, -0.05) is 34.4 Å². The van der Waals surface area contributed by atoms with Gasteiger partial charge in [-0.3, -0.25) is 4.79 Å². The lowest BCUT2D eigenvalue weighted by atomic mass is 10.1. The molecule has 0 radical (unpaired) electrons. The van der Waals surface area contributed by atoms with Crippen molar-refractivity contribution in [3.05, 3.63) is 45.5 Å². The van der Waals surface area contributed by atoms with Gasteiger partial charge in [0.15, 0.2) is 5.82 Å². The fourth-order valence-electron chi connectivity index (χ4n) is 1.22. The van der Waals surface area contributed by atoms with Gasteiger partial charge < -0.3 is 4.52 Å². The summed E-state index contributed by atoms with van der Waals surface area (Å²) in [4.78, 5) is 14.2. The van der Waals surface area contributed by atoms with Crippen molar-refractivity contribution in [2.45, 2.75) is 6.42 Å². The van der Waals surface area contributed by atoms with Gasteiger partial charge in [-0.05, 0) is 17.7 Å². The number of aromatic nitrogens is 2. The van der Waals surface area contributed by atoms with E-state index in [1.54, 1.807) is 18.2 Å². The molecule has 0 N–H and O–H groups in total. The van der Waals surface area contributed by atoms with Crippen LogP contribution in [0, 0.1) is 0 Å². The lowest BCUT2D eigenvalue weighted by Gasteiger charge is -2.00. The van der Waals surface area contributed by atoms with E-state index in [9.17, 15) is 4.79 Å². The monoisotopic (exact) mass is 256 g/mol. The van der Waals surface area contributed by atoms with Gasteiger partial charge in [0.1, 0.15) is 0 Å². The molecule has 16 heavy (non-hydrogen) atoms. The van der Waals surface area contributed by atoms with E-state index in [0.29, 0.717) is 28.6 Å². The lowest BCUT2D eigenvalue weighted by Crippen LogP contribution is -1.92. The van der Waals surface area contributed by atoms with Gasteiger partial charge in [0.05, 0.1) is 0 Å². The predicted octanol–water partition coefficient (Wildman–Crippen LogP) is 2.78. The highest BCUT2D eigenvalue weighted by molar-refractivity contribution is 6.35. The van der Waals surface area contributed by atoms with E-state index < -0.39 is 0 Å². The fourth-order valence-corrected chi connectivity index (χ4v) is 1.70. The number of hydrogen-bond donors (Lipinski definition) is 0. The first-order chi connectivity index (χ1) is 7.69. The van der Waals surface area contributed by atoms with E-state index in [1.165, 1.54) is 0 Å². The van der Waals surface area contributed by atoms with Crippen LogP contribution in [-0.4, -0.2) is 16.4 Å². The van der Waals surface area contributed by atoms with Crippen LogP contribution in [0.3, 0.4) is 0 Å². The van der Waals surface area contributed by atoms with Crippen molar-refractivity contribution in [1.29, 1.82) is 0 Å². The van der Waals surface area contributed by atoms with Crippen LogP contribution in [0.1, 0.15) is 22.1 Å². The molecule has 0 aliphatic rings. The predicted molar refractivity (Wildman–Crippen MR) is 59.0 cm³/mol. The van der Waals surface area contributed by atoms with Crippen molar-refractivity contribution in [3.8, 4) is 0 Å². The molecule has 0 saturated carbocycles. The molecule has 0 atom stereocenters. The SMILES string of the molecule is O=Cc1nc(Cc2ccc(Cl)cc2Cl)no1. The van der Waals surface area contributed by atoms with Crippen molar-refractivity contribution in [2.24, 2.45) is 0 Å². The molecular formula is C10H6Cl2N2O2. The third-order valence-electron chi connectivity index (χ3n) is 1.95. The number of hydrogen-bond acceptors (Lipinski definition) is 4. The Kier molecular flexibility index (Phi) is 3.22. The Balaban J connectivity index is 2.23. The Morgan fingerprint density at radius 2 is 2.19 bits per heavy atom. The van der Waals surface area contributed by atoms with Crippen molar-refractivity contribution >= 4 is 29.5 Å². The molecule has 0 fully saturated rings. The summed E-state index contributed by atoms with van der Waals surface area (Å²) < 4.78 is 4.65. The van der Waals surface area contributed by atoms with E-state index in [2.05, 4.69) is 14.7 Å². The highest BCUT2D eigenvalue weighted by atomic mass is 35.5. The van der Waals surface area contributed by atoms with Gasteiger partial charge in [-0.25, -0.2) is 0 Å².